The van der Waals surface area contributed by atoms with Crippen molar-refractivity contribution in [1.29, 1.82) is 5.26 Å². The number of nitriles is 1. The van der Waals surface area contributed by atoms with E-state index in [1.165, 1.54) is 6.26 Å². The summed E-state index contributed by atoms with van der Waals surface area (Å²) < 4.78 is 5.38. The Morgan fingerprint density at radius 1 is 0.690 bits per heavy atom. The van der Waals surface area contributed by atoms with E-state index in [4.69, 9.17) is 4.42 Å². The van der Waals surface area contributed by atoms with Crippen molar-refractivity contribution in [2.24, 2.45) is 0 Å². The highest BCUT2D eigenvalue weighted by molar-refractivity contribution is 7.97. The standard InChI is InChI=1S/C25H18NO2P/c26-19-24(25(27)23-17-10-18-28-23)29(20-11-4-1-5-12-20,21-13-6-2-7-14-21)22-15-8-3-9-16-22/h1-18H. The van der Waals surface area contributed by atoms with E-state index >= 15 is 0 Å². The number of carbonyl (C=O) groups is 1. The first-order valence-corrected chi connectivity index (χ1v) is 11.0. The van der Waals surface area contributed by atoms with E-state index < -0.39 is 6.89 Å². The van der Waals surface area contributed by atoms with E-state index in [0.29, 0.717) is 0 Å². The van der Waals surface area contributed by atoms with Gasteiger partial charge in [0.15, 0.2) is 5.76 Å². The molecule has 140 valence electrons. The maximum absolute atomic E-state index is 13.5. The lowest BCUT2D eigenvalue weighted by molar-refractivity contribution is 0.104. The smallest absolute Gasteiger partial charge is 0.239 e. The molecular formula is C25H18NO2P. The number of nitrogens with zero attached hydrogens (tertiary/aromatic N) is 1. The van der Waals surface area contributed by atoms with Crippen LogP contribution in [-0.4, -0.2) is 11.1 Å². The second-order valence-corrected chi connectivity index (χ2v) is 9.78. The van der Waals surface area contributed by atoms with E-state index in [1.54, 1.807) is 12.1 Å². The van der Waals surface area contributed by atoms with Crippen molar-refractivity contribution in [3.8, 4) is 6.07 Å². The van der Waals surface area contributed by atoms with Gasteiger partial charge < -0.3 is 4.42 Å². The summed E-state index contributed by atoms with van der Waals surface area (Å²) >= 11 is 0. The summed E-state index contributed by atoms with van der Waals surface area (Å²) in [5, 5.41) is 13.4. The van der Waals surface area contributed by atoms with Gasteiger partial charge in [0.1, 0.15) is 11.4 Å². The predicted octanol–water partition coefficient (Wildman–Crippen LogP) is 4.15. The third-order valence-corrected chi connectivity index (χ3v) is 9.02. The molecule has 0 saturated carbocycles. The Morgan fingerprint density at radius 3 is 1.48 bits per heavy atom. The topological polar surface area (TPSA) is 54.0 Å². The van der Waals surface area contributed by atoms with Gasteiger partial charge in [-0.25, -0.2) is 0 Å². The summed E-state index contributed by atoms with van der Waals surface area (Å²) in [6, 6.07) is 35.1. The van der Waals surface area contributed by atoms with Crippen molar-refractivity contribution in [3.63, 3.8) is 0 Å². The summed E-state index contributed by atoms with van der Waals surface area (Å²) in [6.45, 7) is -2.71. The van der Waals surface area contributed by atoms with E-state index in [9.17, 15) is 10.1 Å². The summed E-state index contributed by atoms with van der Waals surface area (Å²) in [6.07, 6.45) is 1.45. The van der Waals surface area contributed by atoms with Crippen LogP contribution in [0.3, 0.4) is 0 Å². The zero-order chi connectivity index (χ0) is 20.1. The monoisotopic (exact) mass is 395 g/mol. The molecule has 1 aromatic heterocycles. The van der Waals surface area contributed by atoms with Crippen LogP contribution in [0, 0.1) is 11.3 Å². The molecule has 0 aliphatic heterocycles. The molecule has 3 aromatic carbocycles. The van der Waals surface area contributed by atoms with Gasteiger partial charge in [0, 0.05) is 0 Å². The van der Waals surface area contributed by atoms with Gasteiger partial charge in [-0.2, -0.15) is 5.26 Å². The van der Waals surface area contributed by atoms with Crippen LogP contribution in [-0.2, 0) is 0 Å². The zero-order valence-electron chi connectivity index (χ0n) is 15.6. The van der Waals surface area contributed by atoms with Crippen LogP contribution in [0.15, 0.2) is 114 Å². The Hall–Kier alpha value is -3.60. The largest absolute Gasteiger partial charge is 0.461 e. The highest BCUT2D eigenvalue weighted by Crippen LogP contribution is 2.46. The number of carbonyl (C=O) groups excluding carboxylic acids is 1. The van der Waals surface area contributed by atoms with Gasteiger partial charge in [0.2, 0.25) is 5.78 Å². The first-order valence-electron chi connectivity index (χ1n) is 9.20. The first kappa shape index (κ1) is 18.7. The van der Waals surface area contributed by atoms with Crippen LogP contribution in [0.4, 0.5) is 0 Å². The third kappa shape index (κ3) is 3.25. The van der Waals surface area contributed by atoms with E-state index in [-0.39, 0.29) is 16.8 Å². The molecule has 0 spiro atoms. The lowest BCUT2D eigenvalue weighted by Gasteiger charge is -2.29. The van der Waals surface area contributed by atoms with Gasteiger partial charge in [-0.05, 0) is 34.9 Å². The van der Waals surface area contributed by atoms with Crippen molar-refractivity contribution in [2.45, 2.75) is 0 Å². The third-order valence-electron chi connectivity index (χ3n) is 4.83. The molecule has 0 fully saturated rings. The molecule has 1 heterocycles. The summed E-state index contributed by atoms with van der Waals surface area (Å²) in [5.41, 5.74) is 0. The second kappa shape index (κ2) is 8.19. The van der Waals surface area contributed by atoms with Crippen LogP contribution in [0.5, 0.6) is 0 Å². The maximum Gasteiger partial charge on any atom is 0.239 e. The van der Waals surface area contributed by atoms with Crippen LogP contribution < -0.4 is 15.9 Å². The number of Topliss-reactive ketones (excluding diaryl/α,β-unsaturated/α-hetero) is 1. The van der Waals surface area contributed by atoms with Crippen molar-refractivity contribution < 1.29 is 9.21 Å². The van der Waals surface area contributed by atoms with Gasteiger partial charge >= 0.3 is 0 Å². The molecule has 0 bridgehead atoms. The van der Waals surface area contributed by atoms with Crippen molar-refractivity contribution in [2.75, 3.05) is 0 Å². The zero-order valence-corrected chi connectivity index (χ0v) is 16.5. The molecule has 0 N–H and O–H groups in total. The molecule has 4 aromatic rings. The molecule has 3 nitrogen and oxygen atoms in total. The minimum absolute atomic E-state index is 0.175. The minimum Gasteiger partial charge on any atom is -0.461 e. The molecule has 29 heavy (non-hydrogen) atoms. The van der Waals surface area contributed by atoms with Crippen LogP contribution in [0.2, 0.25) is 0 Å². The summed E-state index contributed by atoms with van der Waals surface area (Å²) in [4.78, 5) is 13.5. The number of hydrogen-bond acceptors (Lipinski definition) is 3. The Kier molecular flexibility index (Phi) is 5.29. The van der Waals surface area contributed by atoms with Gasteiger partial charge in [-0.15, -0.1) is 0 Å². The normalized spacial score (nSPS) is 10.9. The van der Waals surface area contributed by atoms with Crippen molar-refractivity contribution >= 4 is 33.9 Å². The Labute approximate surface area is 169 Å². The van der Waals surface area contributed by atoms with E-state index in [0.717, 1.165) is 15.9 Å². The highest BCUT2D eigenvalue weighted by atomic mass is 31.2. The number of ketones is 1. The molecule has 0 aliphatic rings. The van der Waals surface area contributed by atoms with Crippen LogP contribution >= 0.6 is 6.89 Å². The quantitative estimate of drug-likeness (QED) is 0.377. The summed E-state index contributed by atoms with van der Waals surface area (Å²) in [7, 11) is 0. The lowest BCUT2D eigenvalue weighted by Crippen LogP contribution is -2.33. The average Bonchev–Trinajstić information content (AvgIpc) is 3.34. The molecule has 0 saturated heterocycles. The van der Waals surface area contributed by atoms with Crippen molar-refractivity contribution in [3.05, 3.63) is 115 Å². The molecular weight excluding hydrogens is 377 g/mol. The highest BCUT2D eigenvalue weighted by Gasteiger charge is 2.34. The molecule has 0 aliphatic carbocycles. The van der Waals surface area contributed by atoms with Crippen molar-refractivity contribution in [1.82, 2.24) is 0 Å². The van der Waals surface area contributed by atoms with E-state index in [2.05, 4.69) is 6.07 Å². The van der Waals surface area contributed by atoms with Gasteiger partial charge in [0.25, 0.3) is 0 Å². The van der Waals surface area contributed by atoms with Crippen LogP contribution in [0.1, 0.15) is 10.6 Å². The van der Waals surface area contributed by atoms with Gasteiger partial charge in [0.05, 0.1) is 6.26 Å². The fourth-order valence-electron chi connectivity index (χ4n) is 3.59. The molecule has 4 heteroatoms. The molecule has 4 rings (SSSR count). The Balaban J connectivity index is 2.23. The predicted molar refractivity (Wildman–Crippen MR) is 119 cm³/mol. The number of furan rings is 1. The molecule has 0 radical (unpaired) electrons. The first-order chi connectivity index (χ1) is 14.3. The SMILES string of the molecule is N#CC(C(=O)c1ccco1)=P(c1ccccc1)(c1ccccc1)c1ccccc1. The molecule has 0 unspecified atom stereocenters. The van der Waals surface area contributed by atoms with E-state index in [1.807, 2.05) is 91.0 Å². The Bertz CT molecular complexity index is 1100. The minimum atomic E-state index is -2.71. The van der Waals surface area contributed by atoms with Gasteiger partial charge in [-0.1, -0.05) is 91.0 Å². The molecule has 0 atom stereocenters. The lowest BCUT2D eigenvalue weighted by atomic mass is 10.2. The second-order valence-electron chi connectivity index (χ2n) is 6.44. The fourth-order valence-corrected chi connectivity index (χ4v) is 7.68. The summed E-state index contributed by atoms with van der Waals surface area (Å²) in [5.74, 6) is -0.198. The average molecular weight is 395 g/mol. The molecule has 0 amide bonds. The number of rotatable bonds is 5. The van der Waals surface area contributed by atoms with Gasteiger partial charge in [-0.3, -0.25) is 4.79 Å². The maximum atomic E-state index is 13.5. The Morgan fingerprint density at radius 2 is 1.14 bits per heavy atom. The fraction of sp³-hybridized carbons (Fsp3) is 0. The number of benzene rings is 3. The number of hydrogen-bond donors (Lipinski definition) is 0. The van der Waals surface area contributed by atoms with Crippen LogP contribution in [0.25, 0.3) is 0 Å².